The van der Waals surface area contributed by atoms with Gasteiger partial charge in [0.2, 0.25) is 5.91 Å². The molecular weight excluding hydrogens is 916 g/mol. The lowest BCUT2D eigenvalue weighted by atomic mass is 10.0. The Balaban J connectivity index is 5.51. The van der Waals surface area contributed by atoms with Crippen molar-refractivity contribution < 1.29 is 37.3 Å². The van der Waals surface area contributed by atoms with Crippen LogP contribution in [0.2, 0.25) is 0 Å². The smallest absolute Gasteiger partial charge is 0.306 e. The van der Waals surface area contributed by atoms with Crippen molar-refractivity contribution in [2.24, 2.45) is 0 Å². The van der Waals surface area contributed by atoms with Crippen LogP contribution in [0.5, 0.6) is 0 Å². The minimum atomic E-state index is -4.72. The number of amides is 1. The van der Waals surface area contributed by atoms with Crippen LogP contribution >= 0.6 is 7.82 Å². The summed E-state index contributed by atoms with van der Waals surface area (Å²) >= 11 is 0. The van der Waals surface area contributed by atoms with Crippen LogP contribution in [0, 0.1) is 0 Å². The van der Waals surface area contributed by atoms with Gasteiger partial charge in [0.05, 0.1) is 33.8 Å². The van der Waals surface area contributed by atoms with E-state index in [9.17, 15) is 19.0 Å². The van der Waals surface area contributed by atoms with E-state index in [1.54, 1.807) is 6.08 Å². The maximum Gasteiger partial charge on any atom is 0.306 e. The van der Waals surface area contributed by atoms with E-state index in [0.717, 1.165) is 83.5 Å². The van der Waals surface area contributed by atoms with Gasteiger partial charge in [-0.05, 0) is 96.0 Å². The van der Waals surface area contributed by atoms with Gasteiger partial charge >= 0.3 is 5.97 Å². The maximum absolute atomic E-state index is 13.5. The number of nitrogens with one attached hydrogen (secondary N) is 1. The number of phosphoric acid groups is 1. The fourth-order valence-corrected chi connectivity index (χ4v) is 8.50. The molecule has 0 aliphatic heterocycles. The molecule has 0 aromatic heterocycles. The average Bonchev–Trinajstić information content (AvgIpc) is 3.34. The molecule has 9 nitrogen and oxygen atoms in total. The summed E-state index contributed by atoms with van der Waals surface area (Å²) in [5.41, 5.74) is 0. The molecule has 0 spiro atoms. The Morgan fingerprint density at radius 3 is 1.36 bits per heavy atom. The first kappa shape index (κ1) is 68.9. The fraction of sp³-hybridized carbons (Fsp3) is 0.710. The number of allylic oxidation sites excluding steroid dienone is 15. The highest BCUT2D eigenvalue weighted by molar-refractivity contribution is 7.45. The van der Waals surface area contributed by atoms with Crippen molar-refractivity contribution >= 4 is 19.7 Å². The first-order chi connectivity index (χ1) is 34.9. The topological polar surface area (TPSA) is 114 Å². The Labute approximate surface area is 443 Å². The number of hydrogen-bond donors (Lipinski definition) is 1. The van der Waals surface area contributed by atoms with E-state index in [0.29, 0.717) is 23.9 Å². The molecule has 0 aromatic carbocycles. The molecule has 1 N–H and O–H groups in total. The second-order valence-corrected chi connectivity index (χ2v) is 21.8. The van der Waals surface area contributed by atoms with Gasteiger partial charge in [-0.15, -0.1) is 0 Å². The molecule has 0 heterocycles. The van der Waals surface area contributed by atoms with Crippen LogP contribution in [-0.4, -0.2) is 69.4 Å². The number of likely N-dealkylation sites (N-methyl/N-ethyl adjacent to an activating group) is 1. The number of carbonyl (C=O) groups is 2. The van der Waals surface area contributed by atoms with Gasteiger partial charge in [-0.3, -0.25) is 14.2 Å². The molecule has 72 heavy (non-hydrogen) atoms. The zero-order valence-corrected chi connectivity index (χ0v) is 48.0. The first-order valence-electron chi connectivity index (χ1n) is 29.0. The SMILES string of the molecule is CC/C=C\C/C=C\C/C=C\C/C=C\C/C=C\C/C=C\CCC(=O)OC(/C=C/CCCCCCCCCCCCC)C(COP(=O)([O-])OCC[N+](C)(C)C)NC(=O)CCCCC/C=C\CCCCCCCCC. The molecule has 414 valence electrons. The van der Waals surface area contributed by atoms with Gasteiger partial charge in [-0.25, -0.2) is 0 Å². The third-order valence-electron chi connectivity index (χ3n) is 12.3. The summed E-state index contributed by atoms with van der Waals surface area (Å²) in [6, 6.07) is -0.931. The molecule has 0 rings (SSSR count). The molecule has 0 aliphatic rings. The lowest BCUT2D eigenvalue weighted by Crippen LogP contribution is -2.47. The summed E-state index contributed by atoms with van der Waals surface area (Å²) in [6.07, 6.45) is 68.2. The van der Waals surface area contributed by atoms with Crippen molar-refractivity contribution in [1.29, 1.82) is 0 Å². The quantitative estimate of drug-likeness (QED) is 0.0212. The Morgan fingerprint density at radius 2 is 0.903 bits per heavy atom. The van der Waals surface area contributed by atoms with E-state index < -0.39 is 32.5 Å². The number of unbranched alkanes of at least 4 members (excludes halogenated alkanes) is 21. The normalized spacial score (nSPS) is 14.5. The van der Waals surface area contributed by atoms with Crippen molar-refractivity contribution in [2.75, 3.05) is 40.9 Å². The molecule has 0 radical (unpaired) electrons. The zero-order valence-electron chi connectivity index (χ0n) is 47.1. The van der Waals surface area contributed by atoms with Gasteiger partial charge in [0.1, 0.15) is 19.3 Å². The molecule has 0 saturated heterocycles. The highest BCUT2D eigenvalue weighted by Crippen LogP contribution is 2.38. The third-order valence-corrected chi connectivity index (χ3v) is 13.2. The Hall–Kier alpha value is -3.07. The van der Waals surface area contributed by atoms with Crippen molar-refractivity contribution in [2.45, 2.75) is 245 Å². The standard InChI is InChI=1S/C62H109N2O7P/c1-7-10-13-16-19-22-25-28-30-31-32-33-34-37-40-43-46-49-52-55-62(66)71-60(53-50-47-44-41-38-35-27-24-21-18-15-12-9-3)59(58-70-72(67,68)69-57-56-64(4,5)6)63-61(65)54-51-48-45-42-39-36-29-26-23-20-17-14-11-8-2/h10,13,19,22,28,30,32-33,36-37,39-40,46,49-50,53,59-60H,7-9,11-12,14-18,20-21,23-27,29,31,34-35,38,41-45,47-48,51-52,54-58H2,1-6H3,(H-,63,65,67,68)/b13-10-,22-19-,30-28-,33-32-,39-36-,40-37-,49-46-,53-50+. The van der Waals surface area contributed by atoms with E-state index in [-0.39, 0.29) is 25.4 Å². The molecule has 3 atom stereocenters. The number of esters is 1. The summed E-state index contributed by atoms with van der Waals surface area (Å²) in [4.78, 5) is 39.8. The molecule has 0 saturated carbocycles. The monoisotopic (exact) mass is 1020 g/mol. The maximum atomic E-state index is 13.5. The van der Waals surface area contributed by atoms with E-state index in [1.165, 1.54) is 103 Å². The van der Waals surface area contributed by atoms with E-state index in [2.05, 4.69) is 99.0 Å². The summed E-state index contributed by atoms with van der Waals surface area (Å²) in [5.74, 6) is -0.662. The van der Waals surface area contributed by atoms with Crippen LogP contribution in [0.3, 0.4) is 0 Å². The minimum absolute atomic E-state index is 0.0402. The predicted octanol–water partition coefficient (Wildman–Crippen LogP) is 17.0. The highest BCUT2D eigenvalue weighted by atomic mass is 31.2. The number of hydrogen-bond acceptors (Lipinski definition) is 7. The molecule has 0 aliphatic carbocycles. The summed E-state index contributed by atoms with van der Waals surface area (Å²) in [6.45, 7) is 6.65. The number of nitrogens with zero attached hydrogens (tertiary/aromatic N) is 1. The van der Waals surface area contributed by atoms with E-state index in [1.807, 2.05) is 39.4 Å². The lowest BCUT2D eigenvalue weighted by Gasteiger charge is -2.30. The first-order valence-corrected chi connectivity index (χ1v) is 30.5. The van der Waals surface area contributed by atoms with Crippen LogP contribution in [0.15, 0.2) is 97.2 Å². The van der Waals surface area contributed by atoms with Crippen LogP contribution in [0.1, 0.15) is 233 Å². The molecule has 0 aromatic rings. The molecule has 0 fully saturated rings. The Kier molecular flexibility index (Phi) is 49.2. The Morgan fingerprint density at radius 1 is 0.500 bits per heavy atom. The van der Waals surface area contributed by atoms with Gasteiger partial charge in [0, 0.05) is 12.8 Å². The van der Waals surface area contributed by atoms with Crippen molar-refractivity contribution in [3.8, 4) is 0 Å². The second kappa shape index (κ2) is 51.4. The number of ether oxygens (including phenoxy) is 1. The molecular formula is C62H109N2O7P. The molecule has 1 amide bonds. The second-order valence-electron chi connectivity index (χ2n) is 20.4. The van der Waals surface area contributed by atoms with Gasteiger partial charge in [-0.2, -0.15) is 0 Å². The highest BCUT2D eigenvalue weighted by Gasteiger charge is 2.27. The van der Waals surface area contributed by atoms with Crippen molar-refractivity contribution in [3.05, 3.63) is 97.2 Å². The van der Waals surface area contributed by atoms with Gasteiger partial charge in [-0.1, -0.05) is 221 Å². The fourth-order valence-electron chi connectivity index (χ4n) is 7.78. The van der Waals surface area contributed by atoms with Crippen LogP contribution in [0.4, 0.5) is 0 Å². The molecule has 10 heteroatoms. The number of rotatable bonds is 51. The molecule has 0 bridgehead atoms. The average molecular weight is 1030 g/mol. The van der Waals surface area contributed by atoms with E-state index in [4.69, 9.17) is 13.8 Å². The third kappa shape index (κ3) is 51.8. The van der Waals surface area contributed by atoms with Crippen LogP contribution < -0.4 is 10.2 Å². The molecule has 3 unspecified atom stereocenters. The van der Waals surface area contributed by atoms with Crippen LogP contribution in [0.25, 0.3) is 0 Å². The lowest BCUT2D eigenvalue weighted by molar-refractivity contribution is -0.870. The summed E-state index contributed by atoms with van der Waals surface area (Å²) in [7, 11) is 1.13. The number of phosphoric ester groups is 1. The largest absolute Gasteiger partial charge is 0.756 e. The minimum Gasteiger partial charge on any atom is -0.756 e. The van der Waals surface area contributed by atoms with Crippen LogP contribution in [-0.2, 0) is 27.9 Å². The van der Waals surface area contributed by atoms with Gasteiger partial charge in [0.25, 0.3) is 7.82 Å². The van der Waals surface area contributed by atoms with E-state index >= 15 is 0 Å². The summed E-state index contributed by atoms with van der Waals surface area (Å²) in [5, 5.41) is 2.99. The summed E-state index contributed by atoms with van der Waals surface area (Å²) < 4.78 is 30.2. The number of quaternary nitrogens is 1. The van der Waals surface area contributed by atoms with Crippen molar-refractivity contribution in [1.82, 2.24) is 5.32 Å². The Bertz CT molecular complexity index is 1560. The van der Waals surface area contributed by atoms with Gasteiger partial charge < -0.3 is 28.5 Å². The predicted molar refractivity (Wildman–Crippen MR) is 307 cm³/mol. The van der Waals surface area contributed by atoms with Gasteiger partial charge in [0.15, 0.2) is 0 Å². The zero-order chi connectivity index (χ0) is 52.9. The number of carbonyl (C=O) groups excluding carboxylic acids is 2. The van der Waals surface area contributed by atoms with Crippen molar-refractivity contribution in [3.63, 3.8) is 0 Å².